The summed E-state index contributed by atoms with van der Waals surface area (Å²) in [6.45, 7) is 3.03. The number of carbonyl (C=O) groups excluding carboxylic acids is 2. The highest BCUT2D eigenvalue weighted by Gasteiger charge is 2.50. The fourth-order valence-corrected chi connectivity index (χ4v) is 5.23. The number of nitrogens with one attached hydrogen (secondary N) is 1. The molecule has 0 radical (unpaired) electrons. The van der Waals surface area contributed by atoms with Gasteiger partial charge in [0.15, 0.2) is 5.58 Å². The van der Waals surface area contributed by atoms with Gasteiger partial charge in [0.05, 0.1) is 10.9 Å². The molecule has 5 rings (SSSR count). The number of carbonyl (C=O) groups is 2. The summed E-state index contributed by atoms with van der Waals surface area (Å²) in [4.78, 5) is 41.8. The molecule has 3 aromatic rings. The standard InChI is InChI=1S/C26H29N3O4/c27-24(31)18-5-3-4-17(14-18)19(16-29-12-1-2-13-29)6-9-23(30)26(10-11-26)20-7-8-22-21(15-20)28-25(32)33-22/h3-5,7-8,14-15,19H,1-2,6,9-13,16H2,(H2,27,31)(H,28,32). The number of fused-ring (bicyclic) bond motifs is 1. The van der Waals surface area contributed by atoms with Crippen molar-refractivity contribution in [2.45, 2.75) is 49.9 Å². The number of aromatic amines is 1. The minimum Gasteiger partial charge on any atom is -0.408 e. The Morgan fingerprint density at radius 1 is 1.12 bits per heavy atom. The van der Waals surface area contributed by atoms with Gasteiger partial charge >= 0.3 is 5.76 Å². The number of aromatic nitrogens is 1. The van der Waals surface area contributed by atoms with Crippen LogP contribution in [-0.2, 0) is 10.2 Å². The number of benzene rings is 2. The van der Waals surface area contributed by atoms with Gasteiger partial charge in [-0.15, -0.1) is 0 Å². The summed E-state index contributed by atoms with van der Waals surface area (Å²) in [5.41, 5.74) is 8.70. The fourth-order valence-electron chi connectivity index (χ4n) is 5.23. The van der Waals surface area contributed by atoms with Crippen LogP contribution in [0.2, 0.25) is 0 Å². The number of primary amides is 1. The summed E-state index contributed by atoms with van der Waals surface area (Å²) in [7, 11) is 0. The normalized spacial score (nSPS) is 18.4. The van der Waals surface area contributed by atoms with Gasteiger partial charge in [-0.1, -0.05) is 18.2 Å². The molecule has 2 aromatic carbocycles. The van der Waals surface area contributed by atoms with E-state index in [1.54, 1.807) is 12.1 Å². The van der Waals surface area contributed by atoms with E-state index in [0.29, 0.717) is 23.1 Å². The number of H-pyrrole nitrogens is 1. The van der Waals surface area contributed by atoms with Crippen molar-refractivity contribution < 1.29 is 14.0 Å². The maximum absolute atomic E-state index is 13.4. The van der Waals surface area contributed by atoms with Crippen LogP contribution < -0.4 is 11.5 Å². The molecular weight excluding hydrogens is 418 g/mol. The maximum Gasteiger partial charge on any atom is 0.417 e. The van der Waals surface area contributed by atoms with E-state index in [1.807, 2.05) is 30.3 Å². The van der Waals surface area contributed by atoms with Crippen LogP contribution in [0.3, 0.4) is 0 Å². The van der Waals surface area contributed by atoms with Crippen LogP contribution in [0.4, 0.5) is 0 Å². The second kappa shape index (κ2) is 8.63. The van der Waals surface area contributed by atoms with Gasteiger partial charge in [-0.2, -0.15) is 0 Å². The highest BCUT2D eigenvalue weighted by atomic mass is 16.4. The molecule has 7 heteroatoms. The van der Waals surface area contributed by atoms with E-state index in [1.165, 1.54) is 12.8 Å². The summed E-state index contributed by atoms with van der Waals surface area (Å²) in [6, 6.07) is 13.1. The lowest BCUT2D eigenvalue weighted by atomic mass is 9.85. The summed E-state index contributed by atoms with van der Waals surface area (Å²) < 4.78 is 5.10. The first kappa shape index (κ1) is 21.6. The minimum absolute atomic E-state index is 0.162. The maximum atomic E-state index is 13.4. The topological polar surface area (TPSA) is 109 Å². The smallest absolute Gasteiger partial charge is 0.408 e. The highest BCUT2D eigenvalue weighted by molar-refractivity contribution is 5.94. The fraction of sp³-hybridized carbons (Fsp3) is 0.423. The molecule has 0 spiro atoms. The Bertz CT molecular complexity index is 1250. The Balaban J connectivity index is 1.34. The monoisotopic (exact) mass is 447 g/mol. The van der Waals surface area contributed by atoms with Gasteiger partial charge in [0.1, 0.15) is 5.78 Å². The first-order valence-corrected chi connectivity index (χ1v) is 11.7. The highest BCUT2D eigenvalue weighted by Crippen LogP contribution is 2.50. The molecule has 2 heterocycles. The van der Waals surface area contributed by atoms with E-state index in [0.717, 1.165) is 50.0 Å². The summed E-state index contributed by atoms with van der Waals surface area (Å²) >= 11 is 0. The molecule has 3 N–H and O–H groups in total. The Morgan fingerprint density at radius 2 is 1.91 bits per heavy atom. The zero-order valence-electron chi connectivity index (χ0n) is 18.6. The van der Waals surface area contributed by atoms with Crippen molar-refractivity contribution in [2.24, 2.45) is 5.73 Å². The van der Waals surface area contributed by atoms with E-state index >= 15 is 0 Å². The minimum atomic E-state index is -0.485. The number of hydrogen-bond donors (Lipinski definition) is 2. The summed E-state index contributed by atoms with van der Waals surface area (Å²) in [5, 5.41) is 0. The molecule has 1 saturated heterocycles. The Kier molecular flexibility index (Phi) is 5.66. The SMILES string of the molecule is NC(=O)c1cccc(C(CCC(=O)C2(c3ccc4oc(=O)[nH]c4c3)CC2)CN2CCCC2)c1. The van der Waals surface area contributed by atoms with E-state index in [4.69, 9.17) is 10.2 Å². The lowest BCUT2D eigenvalue weighted by Gasteiger charge is -2.25. The molecule has 1 saturated carbocycles. The molecule has 1 unspecified atom stereocenters. The molecule has 1 aliphatic heterocycles. The molecule has 1 aliphatic carbocycles. The number of oxazole rings is 1. The molecule has 1 aromatic heterocycles. The average molecular weight is 448 g/mol. The van der Waals surface area contributed by atoms with Gasteiger partial charge in [-0.05, 0) is 86.5 Å². The Labute approximate surface area is 192 Å². The lowest BCUT2D eigenvalue weighted by molar-refractivity contribution is -0.121. The van der Waals surface area contributed by atoms with Gasteiger partial charge in [0, 0.05) is 18.5 Å². The molecule has 0 bridgehead atoms. The van der Waals surface area contributed by atoms with Crippen molar-refractivity contribution >= 4 is 22.8 Å². The largest absolute Gasteiger partial charge is 0.417 e. The number of nitrogens with two attached hydrogens (primary N) is 1. The molecule has 172 valence electrons. The van der Waals surface area contributed by atoms with Crippen molar-refractivity contribution in [1.29, 1.82) is 0 Å². The number of rotatable bonds is 9. The number of hydrogen-bond acceptors (Lipinski definition) is 5. The number of ketones is 1. The van der Waals surface area contributed by atoms with Crippen LogP contribution in [0, 0.1) is 0 Å². The zero-order valence-corrected chi connectivity index (χ0v) is 18.6. The Morgan fingerprint density at radius 3 is 2.64 bits per heavy atom. The number of Topliss-reactive ketones (excluding diaryl/α,β-unsaturated/α-hetero) is 1. The number of nitrogens with zero attached hydrogens (tertiary/aromatic N) is 1. The summed E-state index contributed by atoms with van der Waals surface area (Å²) in [6.07, 6.45) is 5.26. The van der Waals surface area contributed by atoms with Gasteiger partial charge in [-0.3, -0.25) is 14.6 Å². The van der Waals surface area contributed by atoms with Crippen LogP contribution in [0.5, 0.6) is 0 Å². The molecule has 2 aliphatic rings. The van der Waals surface area contributed by atoms with Crippen molar-refractivity contribution in [1.82, 2.24) is 9.88 Å². The molecule has 33 heavy (non-hydrogen) atoms. The van der Waals surface area contributed by atoms with Gasteiger partial charge in [0.25, 0.3) is 0 Å². The summed E-state index contributed by atoms with van der Waals surface area (Å²) in [5.74, 6) is -0.515. The van der Waals surface area contributed by atoms with Crippen LogP contribution in [0.15, 0.2) is 51.7 Å². The second-order valence-electron chi connectivity index (χ2n) is 9.46. The third-order valence-electron chi connectivity index (χ3n) is 7.29. The van der Waals surface area contributed by atoms with Crippen molar-refractivity contribution in [3.63, 3.8) is 0 Å². The zero-order chi connectivity index (χ0) is 23.0. The first-order chi connectivity index (χ1) is 15.9. The predicted octanol–water partition coefficient (Wildman–Crippen LogP) is 3.48. The predicted molar refractivity (Wildman–Crippen MR) is 125 cm³/mol. The van der Waals surface area contributed by atoms with Gasteiger partial charge in [0.2, 0.25) is 5.91 Å². The van der Waals surface area contributed by atoms with Crippen molar-refractivity contribution in [2.75, 3.05) is 19.6 Å². The van der Waals surface area contributed by atoms with Crippen LogP contribution >= 0.6 is 0 Å². The van der Waals surface area contributed by atoms with Gasteiger partial charge < -0.3 is 15.1 Å². The van der Waals surface area contributed by atoms with Gasteiger partial charge in [-0.25, -0.2) is 4.79 Å². The third kappa shape index (κ3) is 4.37. The average Bonchev–Trinajstić information content (AvgIpc) is 3.29. The molecular formula is C26H29N3O4. The van der Waals surface area contributed by atoms with E-state index < -0.39 is 17.1 Å². The van der Waals surface area contributed by atoms with Crippen LogP contribution in [0.25, 0.3) is 11.1 Å². The van der Waals surface area contributed by atoms with Crippen molar-refractivity contribution in [3.05, 3.63) is 69.7 Å². The first-order valence-electron chi connectivity index (χ1n) is 11.7. The van der Waals surface area contributed by atoms with Crippen LogP contribution in [-0.4, -0.2) is 41.2 Å². The molecule has 1 amide bonds. The molecule has 7 nitrogen and oxygen atoms in total. The number of amides is 1. The lowest BCUT2D eigenvalue weighted by Crippen LogP contribution is -2.27. The van der Waals surface area contributed by atoms with E-state index in [-0.39, 0.29) is 11.7 Å². The Hall–Kier alpha value is -3.19. The second-order valence-corrected chi connectivity index (χ2v) is 9.46. The molecule has 1 atom stereocenters. The van der Waals surface area contributed by atoms with E-state index in [2.05, 4.69) is 9.88 Å². The van der Waals surface area contributed by atoms with Crippen LogP contribution in [0.1, 0.15) is 65.9 Å². The third-order valence-corrected chi connectivity index (χ3v) is 7.29. The van der Waals surface area contributed by atoms with Crippen molar-refractivity contribution in [3.8, 4) is 0 Å². The quantitative estimate of drug-likeness (QED) is 0.522. The molecule has 2 fully saturated rings. The van der Waals surface area contributed by atoms with E-state index in [9.17, 15) is 14.4 Å². The number of likely N-dealkylation sites (tertiary alicyclic amines) is 1.